The molecule has 8 nitrogen and oxygen atoms in total. The molecular weight excluding hydrogens is 320 g/mol. The molecule has 0 spiro atoms. The molecular formula is C17H22N6O2. The number of nitrogens with two attached hydrogens (primary N) is 1. The topological polar surface area (TPSA) is 115 Å². The Morgan fingerprint density at radius 1 is 1.16 bits per heavy atom. The van der Waals surface area contributed by atoms with Gasteiger partial charge in [0.1, 0.15) is 6.61 Å². The third-order valence-corrected chi connectivity index (χ3v) is 3.19. The van der Waals surface area contributed by atoms with Gasteiger partial charge in [-0.15, -0.1) is 0 Å². The minimum absolute atomic E-state index is 0.157. The van der Waals surface area contributed by atoms with Gasteiger partial charge < -0.3 is 11.1 Å². The molecule has 8 heteroatoms. The van der Waals surface area contributed by atoms with Crippen LogP contribution >= 0.6 is 0 Å². The van der Waals surface area contributed by atoms with E-state index < -0.39 is 0 Å². The maximum atomic E-state index is 11.6. The molecule has 2 aromatic heterocycles. The fraction of sp³-hybridized carbons (Fsp3) is 0.294. The third kappa shape index (κ3) is 7.89. The van der Waals surface area contributed by atoms with E-state index >= 15 is 0 Å². The normalized spacial score (nSPS) is 11.1. The molecule has 0 aromatic carbocycles. The lowest BCUT2D eigenvalue weighted by Crippen LogP contribution is -2.23. The first kappa shape index (κ1) is 18.3. The van der Waals surface area contributed by atoms with Gasteiger partial charge in [-0.2, -0.15) is 0 Å². The SMILES string of the molecule is NC(=NCCCCC(=O)NOCc1cccnc1)Nc1ccncc1. The number of aromatic nitrogens is 2. The molecule has 1 amide bonds. The summed E-state index contributed by atoms with van der Waals surface area (Å²) in [6.07, 6.45) is 8.55. The Bertz CT molecular complexity index is 663. The van der Waals surface area contributed by atoms with Crippen molar-refractivity contribution in [3.8, 4) is 0 Å². The number of carbonyl (C=O) groups excluding carboxylic acids is 1. The fourth-order valence-corrected chi connectivity index (χ4v) is 1.95. The zero-order valence-corrected chi connectivity index (χ0v) is 13.9. The number of hydrogen-bond donors (Lipinski definition) is 3. The number of carbonyl (C=O) groups is 1. The van der Waals surface area contributed by atoms with Gasteiger partial charge in [-0.3, -0.25) is 24.6 Å². The number of guanidine groups is 1. The van der Waals surface area contributed by atoms with Crippen molar-refractivity contribution in [2.75, 3.05) is 11.9 Å². The molecule has 0 unspecified atom stereocenters. The van der Waals surface area contributed by atoms with Crippen LogP contribution in [0, 0.1) is 0 Å². The van der Waals surface area contributed by atoms with Crippen molar-refractivity contribution >= 4 is 17.6 Å². The summed E-state index contributed by atoms with van der Waals surface area (Å²) in [5.41, 5.74) is 9.93. The minimum atomic E-state index is -0.157. The molecule has 0 aliphatic rings. The summed E-state index contributed by atoms with van der Waals surface area (Å²) in [7, 11) is 0. The Hall–Kier alpha value is -3.00. The summed E-state index contributed by atoms with van der Waals surface area (Å²) in [5.74, 6) is 0.186. The van der Waals surface area contributed by atoms with Gasteiger partial charge in [-0.25, -0.2) is 5.48 Å². The second-order valence-corrected chi connectivity index (χ2v) is 5.26. The Kier molecular flexibility index (Phi) is 7.86. The molecule has 0 aliphatic carbocycles. The second-order valence-electron chi connectivity index (χ2n) is 5.26. The highest BCUT2D eigenvalue weighted by Gasteiger charge is 2.01. The van der Waals surface area contributed by atoms with Gasteiger partial charge in [0.2, 0.25) is 5.91 Å². The number of nitrogens with zero attached hydrogens (tertiary/aromatic N) is 3. The highest BCUT2D eigenvalue weighted by molar-refractivity contribution is 5.92. The van der Waals surface area contributed by atoms with Crippen molar-refractivity contribution in [1.29, 1.82) is 0 Å². The maximum Gasteiger partial charge on any atom is 0.243 e. The first-order valence-electron chi connectivity index (χ1n) is 8.00. The number of rotatable bonds is 9. The largest absolute Gasteiger partial charge is 0.370 e. The minimum Gasteiger partial charge on any atom is -0.370 e. The van der Waals surface area contributed by atoms with Crippen LogP contribution in [0.5, 0.6) is 0 Å². The number of anilines is 1. The average Bonchev–Trinajstić information content (AvgIpc) is 2.63. The van der Waals surface area contributed by atoms with E-state index in [9.17, 15) is 4.79 Å². The number of unbranched alkanes of at least 4 members (excludes halogenated alkanes) is 1. The second kappa shape index (κ2) is 10.7. The van der Waals surface area contributed by atoms with Crippen LogP contribution in [-0.4, -0.2) is 28.4 Å². The molecule has 2 rings (SSSR count). The van der Waals surface area contributed by atoms with Crippen molar-refractivity contribution in [3.63, 3.8) is 0 Å². The fourth-order valence-electron chi connectivity index (χ4n) is 1.95. The zero-order valence-electron chi connectivity index (χ0n) is 13.9. The van der Waals surface area contributed by atoms with Crippen molar-refractivity contribution < 1.29 is 9.63 Å². The first-order chi connectivity index (χ1) is 12.2. The summed E-state index contributed by atoms with van der Waals surface area (Å²) in [4.78, 5) is 28.9. The van der Waals surface area contributed by atoms with Gasteiger partial charge in [0, 0.05) is 43.4 Å². The van der Waals surface area contributed by atoms with E-state index in [0.717, 1.165) is 17.7 Å². The number of hydroxylamine groups is 1. The van der Waals surface area contributed by atoms with Gasteiger partial charge in [0.15, 0.2) is 5.96 Å². The average molecular weight is 342 g/mol. The van der Waals surface area contributed by atoms with Gasteiger partial charge in [0.05, 0.1) is 0 Å². The molecule has 2 heterocycles. The first-order valence-corrected chi connectivity index (χ1v) is 8.00. The quantitative estimate of drug-likeness (QED) is 0.276. The lowest BCUT2D eigenvalue weighted by molar-refractivity contribution is -0.134. The Morgan fingerprint density at radius 3 is 2.76 bits per heavy atom. The monoisotopic (exact) mass is 342 g/mol. The Labute approximate surface area is 146 Å². The van der Waals surface area contributed by atoms with E-state index in [0.29, 0.717) is 32.0 Å². The van der Waals surface area contributed by atoms with Crippen molar-refractivity contribution in [1.82, 2.24) is 15.4 Å². The van der Waals surface area contributed by atoms with E-state index in [-0.39, 0.29) is 5.91 Å². The highest BCUT2D eigenvalue weighted by Crippen LogP contribution is 2.02. The summed E-state index contributed by atoms with van der Waals surface area (Å²) >= 11 is 0. The molecule has 0 saturated heterocycles. The molecule has 25 heavy (non-hydrogen) atoms. The van der Waals surface area contributed by atoms with Crippen LogP contribution < -0.4 is 16.5 Å². The molecule has 0 saturated carbocycles. The predicted octanol–water partition coefficient (Wildman–Crippen LogP) is 1.62. The number of nitrogens with one attached hydrogen (secondary N) is 2. The van der Waals surface area contributed by atoms with Crippen LogP contribution in [0.1, 0.15) is 24.8 Å². The number of pyridine rings is 2. The number of aliphatic imine (C=N–C) groups is 1. The van der Waals surface area contributed by atoms with Gasteiger partial charge in [0.25, 0.3) is 0 Å². The van der Waals surface area contributed by atoms with Crippen LogP contribution in [0.15, 0.2) is 54.0 Å². The van der Waals surface area contributed by atoms with Crippen molar-refractivity contribution in [2.24, 2.45) is 10.7 Å². The lowest BCUT2D eigenvalue weighted by atomic mass is 10.2. The van der Waals surface area contributed by atoms with Crippen LogP contribution in [0.25, 0.3) is 0 Å². The summed E-state index contributed by atoms with van der Waals surface area (Å²) < 4.78 is 0. The standard InChI is InChI=1S/C17H22N6O2/c18-17(22-15-6-10-19-11-7-15)21-9-2-1-5-16(24)23-25-13-14-4-3-8-20-12-14/h3-4,6-8,10-12H,1-2,5,9,13H2,(H,23,24)(H3,18,19,21,22). The van der Waals surface area contributed by atoms with Crippen molar-refractivity contribution in [2.45, 2.75) is 25.9 Å². The Morgan fingerprint density at radius 2 is 2.00 bits per heavy atom. The van der Waals surface area contributed by atoms with E-state index in [2.05, 4.69) is 25.8 Å². The van der Waals surface area contributed by atoms with Gasteiger partial charge >= 0.3 is 0 Å². The maximum absolute atomic E-state index is 11.6. The van der Waals surface area contributed by atoms with Crippen molar-refractivity contribution in [3.05, 3.63) is 54.6 Å². The third-order valence-electron chi connectivity index (χ3n) is 3.19. The molecule has 0 radical (unpaired) electrons. The van der Waals surface area contributed by atoms with Crippen LogP contribution in [-0.2, 0) is 16.2 Å². The van der Waals surface area contributed by atoms with Crippen LogP contribution in [0.2, 0.25) is 0 Å². The van der Waals surface area contributed by atoms with E-state index in [1.807, 2.05) is 12.1 Å². The van der Waals surface area contributed by atoms with Gasteiger partial charge in [-0.05, 0) is 36.6 Å². The van der Waals surface area contributed by atoms with Crippen LogP contribution in [0.4, 0.5) is 5.69 Å². The van der Waals surface area contributed by atoms with Gasteiger partial charge in [-0.1, -0.05) is 6.07 Å². The zero-order chi connectivity index (χ0) is 17.7. The molecule has 0 aliphatic heterocycles. The predicted molar refractivity (Wildman–Crippen MR) is 95.4 cm³/mol. The number of amides is 1. The van der Waals surface area contributed by atoms with E-state index in [1.165, 1.54) is 0 Å². The molecule has 4 N–H and O–H groups in total. The summed E-state index contributed by atoms with van der Waals surface area (Å²) in [5, 5.41) is 2.97. The van der Waals surface area contributed by atoms with E-state index in [4.69, 9.17) is 10.6 Å². The molecule has 132 valence electrons. The molecule has 2 aromatic rings. The summed E-state index contributed by atoms with van der Waals surface area (Å²) in [6.45, 7) is 0.842. The molecule has 0 bridgehead atoms. The molecule has 0 fully saturated rings. The Balaban J connectivity index is 1.53. The molecule has 0 atom stereocenters. The smallest absolute Gasteiger partial charge is 0.243 e. The summed E-state index contributed by atoms with van der Waals surface area (Å²) in [6, 6.07) is 7.30. The highest BCUT2D eigenvalue weighted by atomic mass is 16.6. The lowest BCUT2D eigenvalue weighted by Gasteiger charge is -2.06. The number of hydrogen-bond acceptors (Lipinski definition) is 5. The van der Waals surface area contributed by atoms with E-state index in [1.54, 1.807) is 36.9 Å². The van der Waals surface area contributed by atoms with Crippen LogP contribution in [0.3, 0.4) is 0 Å².